The fourth-order valence-corrected chi connectivity index (χ4v) is 4.56. The zero-order valence-corrected chi connectivity index (χ0v) is 16.0. The van der Waals surface area contributed by atoms with Gasteiger partial charge in [-0.25, -0.2) is 4.57 Å². The number of aromatic nitrogens is 3. The van der Waals surface area contributed by atoms with Crippen LogP contribution >= 0.6 is 0 Å². The van der Waals surface area contributed by atoms with Gasteiger partial charge in [0.2, 0.25) is 6.33 Å². The normalized spacial score (nSPS) is 20.1. The Morgan fingerprint density at radius 1 is 1.12 bits per heavy atom. The van der Waals surface area contributed by atoms with Crippen LogP contribution in [0.25, 0.3) is 5.69 Å². The molecule has 2 aromatic carbocycles. The van der Waals surface area contributed by atoms with Crippen molar-refractivity contribution >= 4 is 0 Å². The standard InChI is InChI=1S/C21H22N3O.ClH/c1-13-8-14(2)20(15(3)9-13)24-12-23-19(22-24)11-25-18-10-16-6-4-5-7-17(16)21(18)23;/h4-9,12,18,21H,10-11H2,1-3H3;1H/q+1;/p-1/t18-,21+;/m1./s1. The summed E-state index contributed by atoms with van der Waals surface area (Å²) in [7, 11) is 0. The largest absolute Gasteiger partial charge is 1.00 e. The number of hydrogen-bond donors (Lipinski definition) is 0. The molecule has 2 aliphatic rings. The van der Waals surface area contributed by atoms with Crippen LogP contribution in [0.5, 0.6) is 0 Å². The van der Waals surface area contributed by atoms with E-state index in [0.717, 1.165) is 12.2 Å². The molecule has 5 heteroatoms. The van der Waals surface area contributed by atoms with Crippen LogP contribution in [-0.2, 0) is 17.8 Å². The highest BCUT2D eigenvalue weighted by molar-refractivity contribution is 5.48. The van der Waals surface area contributed by atoms with E-state index < -0.39 is 0 Å². The van der Waals surface area contributed by atoms with Crippen molar-refractivity contribution in [1.29, 1.82) is 0 Å². The van der Waals surface area contributed by atoms with Crippen LogP contribution in [0.15, 0.2) is 42.7 Å². The van der Waals surface area contributed by atoms with Gasteiger partial charge in [-0.05, 0) is 43.0 Å². The van der Waals surface area contributed by atoms with Crippen LogP contribution in [0.2, 0.25) is 0 Å². The molecule has 3 aromatic rings. The molecule has 0 amide bonds. The summed E-state index contributed by atoms with van der Waals surface area (Å²) in [5.41, 5.74) is 7.74. The van der Waals surface area contributed by atoms with Crippen molar-refractivity contribution in [3.63, 3.8) is 0 Å². The van der Waals surface area contributed by atoms with Crippen LogP contribution in [0.4, 0.5) is 0 Å². The monoisotopic (exact) mass is 367 g/mol. The molecule has 0 saturated carbocycles. The molecule has 0 radical (unpaired) electrons. The Kier molecular flexibility index (Phi) is 4.13. The van der Waals surface area contributed by atoms with E-state index in [0.29, 0.717) is 6.61 Å². The first-order chi connectivity index (χ1) is 12.1. The highest BCUT2D eigenvalue weighted by atomic mass is 35.5. The molecule has 0 unspecified atom stereocenters. The van der Waals surface area contributed by atoms with Gasteiger partial charge in [0.25, 0.3) is 0 Å². The van der Waals surface area contributed by atoms with Crippen molar-refractivity contribution in [2.24, 2.45) is 0 Å². The number of rotatable bonds is 1. The smallest absolute Gasteiger partial charge is 0.304 e. The Labute approximate surface area is 159 Å². The number of halogens is 1. The van der Waals surface area contributed by atoms with Crippen LogP contribution in [0, 0.1) is 20.8 Å². The topological polar surface area (TPSA) is 30.9 Å². The second kappa shape index (κ2) is 6.22. The summed E-state index contributed by atoms with van der Waals surface area (Å²) in [6.45, 7) is 7.03. The molecule has 0 spiro atoms. The minimum atomic E-state index is 0. The lowest BCUT2D eigenvalue weighted by atomic mass is 10.1. The fraction of sp³-hybridized carbons (Fsp3) is 0.333. The lowest BCUT2D eigenvalue weighted by Gasteiger charge is -2.23. The van der Waals surface area contributed by atoms with Crippen LogP contribution < -0.4 is 17.0 Å². The molecule has 1 aromatic heterocycles. The van der Waals surface area contributed by atoms with Gasteiger partial charge in [0.1, 0.15) is 24.4 Å². The molecular weight excluding hydrogens is 346 g/mol. The summed E-state index contributed by atoms with van der Waals surface area (Å²) in [4.78, 5) is 0. The Morgan fingerprint density at radius 3 is 2.62 bits per heavy atom. The molecule has 0 bridgehead atoms. The first-order valence-electron chi connectivity index (χ1n) is 8.89. The van der Waals surface area contributed by atoms with Gasteiger partial charge < -0.3 is 17.1 Å². The van der Waals surface area contributed by atoms with E-state index in [2.05, 4.69) is 68.1 Å². The molecule has 26 heavy (non-hydrogen) atoms. The van der Waals surface area contributed by atoms with E-state index in [1.165, 1.54) is 33.5 Å². The van der Waals surface area contributed by atoms with Crippen LogP contribution in [0.1, 0.15) is 39.7 Å². The van der Waals surface area contributed by atoms with Gasteiger partial charge in [0, 0.05) is 11.5 Å². The predicted molar refractivity (Wildman–Crippen MR) is 94.8 cm³/mol. The molecule has 4 nitrogen and oxygen atoms in total. The van der Waals surface area contributed by atoms with E-state index in [9.17, 15) is 0 Å². The van der Waals surface area contributed by atoms with Gasteiger partial charge in [-0.3, -0.25) is 0 Å². The number of nitrogens with zero attached hydrogens (tertiary/aromatic N) is 3. The van der Waals surface area contributed by atoms with Gasteiger partial charge in [-0.2, -0.15) is 0 Å². The molecule has 2 heterocycles. The number of fused-ring (bicyclic) bond motifs is 5. The Bertz CT molecular complexity index is 972. The number of benzene rings is 2. The minimum Gasteiger partial charge on any atom is -1.00 e. The van der Waals surface area contributed by atoms with Gasteiger partial charge in [0.05, 0.1) is 0 Å². The van der Waals surface area contributed by atoms with E-state index >= 15 is 0 Å². The summed E-state index contributed by atoms with van der Waals surface area (Å²) in [6.07, 6.45) is 3.36. The van der Waals surface area contributed by atoms with Crippen molar-refractivity contribution < 1.29 is 21.7 Å². The average Bonchev–Trinajstić information content (AvgIpc) is 3.13. The highest BCUT2D eigenvalue weighted by Gasteiger charge is 2.43. The molecule has 1 aliphatic heterocycles. The molecule has 0 saturated heterocycles. The van der Waals surface area contributed by atoms with Gasteiger partial charge in [0.15, 0.2) is 0 Å². The summed E-state index contributed by atoms with van der Waals surface area (Å²) < 4.78 is 10.5. The van der Waals surface area contributed by atoms with Crippen molar-refractivity contribution in [2.75, 3.05) is 0 Å². The fourth-order valence-electron chi connectivity index (χ4n) is 4.56. The lowest BCUT2D eigenvalue weighted by Crippen LogP contribution is -3.00. The molecule has 134 valence electrons. The maximum absolute atomic E-state index is 6.14. The maximum Gasteiger partial charge on any atom is 0.304 e. The van der Waals surface area contributed by atoms with Crippen LogP contribution in [0.3, 0.4) is 0 Å². The third-order valence-electron chi connectivity index (χ3n) is 5.49. The molecule has 1 aliphatic carbocycles. The van der Waals surface area contributed by atoms with E-state index in [4.69, 9.17) is 9.84 Å². The summed E-state index contributed by atoms with van der Waals surface area (Å²) in [5.74, 6) is 0.998. The van der Waals surface area contributed by atoms with Gasteiger partial charge in [-0.15, -0.1) is 0 Å². The molecule has 5 rings (SSSR count). The van der Waals surface area contributed by atoms with Crippen molar-refractivity contribution in [2.45, 2.75) is 45.9 Å². The van der Waals surface area contributed by atoms with Crippen molar-refractivity contribution in [3.05, 3.63) is 76.4 Å². The predicted octanol–water partition coefficient (Wildman–Crippen LogP) is 0.133. The van der Waals surface area contributed by atoms with E-state index in [-0.39, 0.29) is 24.6 Å². The first-order valence-corrected chi connectivity index (χ1v) is 8.89. The quantitative estimate of drug-likeness (QED) is 0.573. The summed E-state index contributed by atoms with van der Waals surface area (Å²) in [6, 6.07) is 13.4. The molecule has 2 atom stereocenters. The van der Waals surface area contributed by atoms with E-state index in [1.807, 2.05) is 4.68 Å². The SMILES string of the molecule is Cc1cc(C)c(-n2c[n+]3c(n2)CO[C@@H]2Cc4ccccc4[C@@H]23)c(C)c1.[Cl-]. The molecular formula is C21H22ClN3O. The Hall–Kier alpha value is -2.17. The van der Waals surface area contributed by atoms with Crippen molar-refractivity contribution in [3.8, 4) is 5.69 Å². The highest BCUT2D eigenvalue weighted by Crippen LogP contribution is 2.35. The van der Waals surface area contributed by atoms with Gasteiger partial charge in [-0.1, -0.05) is 46.6 Å². The summed E-state index contributed by atoms with van der Waals surface area (Å²) in [5, 5.41) is 4.86. The number of aryl methyl sites for hydroxylation is 3. The third kappa shape index (κ3) is 2.48. The molecule has 0 fully saturated rings. The zero-order chi connectivity index (χ0) is 17.1. The average molecular weight is 368 g/mol. The maximum atomic E-state index is 6.14. The molecule has 0 N–H and O–H groups in total. The van der Waals surface area contributed by atoms with Crippen molar-refractivity contribution in [1.82, 2.24) is 9.78 Å². The zero-order valence-electron chi connectivity index (χ0n) is 15.2. The minimum absolute atomic E-state index is 0. The second-order valence-corrected chi connectivity index (χ2v) is 7.33. The second-order valence-electron chi connectivity index (χ2n) is 7.33. The Morgan fingerprint density at radius 2 is 1.85 bits per heavy atom. The van der Waals surface area contributed by atoms with E-state index in [1.54, 1.807) is 0 Å². The van der Waals surface area contributed by atoms with Crippen LogP contribution in [-0.4, -0.2) is 15.9 Å². The number of hydrogen-bond acceptors (Lipinski definition) is 2. The number of ether oxygens (including phenoxy) is 1. The third-order valence-corrected chi connectivity index (χ3v) is 5.49. The first kappa shape index (κ1) is 17.3. The van der Waals surface area contributed by atoms with Gasteiger partial charge >= 0.3 is 5.82 Å². The Balaban J connectivity index is 0.00000168. The summed E-state index contributed by atoms with van der Waals surface area (Å²) >= 11 is 0. The lowest BCUT2D eigenvalue weighted by molar-refractivity contribution is -0.739.